The zero-order chi connectivity index (χ0) is 42.9. The van der Waals surface area contributed by atoms with Crippen molar-refractivity contribution in [1.29, 1.82) is 0 Å². The van der Waals surface area contributed by atoms with Crippen LogP contribution in [-0.2, 0) is 19.1 Å². The largest absolute Gasteiger partial charge is 0.521 e. The first-order chi connectivity index (χ1) is 28.4. The number of benzene rings is 2. The van der Waals surface area contributed by atoms with Crippen molar-refractivity contribution in [3.05, 3.63) is 99.8 Å². The minimum Gasteiger partial charge on any atom is -0.452 e. The molecule has 5 aliphatic carbocycles. The predicted octanol–water partition coefficient (Wildman–Crippen LogP) is 10.5. The number of ketones is 1. The molecule has 0 spiro atoms. The molecule has 0 saturated heterocycles. The molecule has 8 rings (SSSR count). The maximum absolute atomic E-state index is 15.2. The smallest absolute Gasteiger partial charge is 0.452 e. The van der Waals surface area contributed by atoms with Crippen molar-refractivity contribution in [2.75, 3.05) is 6.61 Å². The third-order valence-corrected chi connectivity index (χ3v) is 16.9. The van der Waals surface area contributed by atoms with Gasteiger partial charge in [-0.2, -0.15) is 0 Å². The standard InChI is InChI=1S/C50H63NO9/c1-9-28-56-38-21-22-47(5)37(50(38,8)51-43(54)59-41-31(2)57-44(55)60-41)20-23-49(7)40(47)36(52)29-34-35-30-46(4,25-24-45(35,3)26-27-48(34,49)6)42(53)58-39(32-16-12-10-13-17-32)33-18-14-11-15-19-33/h10-19,29,35,37-40H,9,20-28,30H2,1-8H3,(H,51,54)/t35-,37+,38-,40+,45+,46-,47-,48+,49+,50-/m0/s1. The number of carbonyl (C=O) groups excluding carboxylic acids is 3. The van der Waals surface area contributed by atoms with E-state index in [-0.39, 0.29) is 63.6 Å². The Kier molecular flexibility index (Phi) is 10.7. The summed E-state index contributed by atoms with van der Waals surface area (Å²) in [4.78, 5) is 55.2. The Bertz CT molecular complexity index is 2170. The zero-order valence-electron chi connectivity index (χ0n) is 36.7. The molecular formula is C50H63NO9. The van der Waals surface area contributed by atoms with E-state index in [0.717, 1.165) is 62.5 Å². The lowest BCUT2D eigenvalue weighted by Gasteiger charge is -2.70. The molecule has 4 saturated carbocycles. The summed E-state index contributed by atoms with van der Waals surface area (Å²) < 4.78 is 28.5. The van der Waals surface area contributed by atoms with E-state index in [0.29, 0.717) is 19.4 Å². The number of allylic oxidation sites excluding steroid dienone is 2. The Morgan fingerprint density at radius 3 is 2.10 bits per heavy atom. The van der Waals surface area contributed by atoms with Crippen LogP contribution in [0.15, 0.2) is 85.9 Å². The first kappa shape index (κ1) is 42.3. The molecule has 10 atom stereocenters. The lowest BCUT2D eigenvalue weighted by Crippen LogP contribution is -2.72. The van der Waals surface area contributed by atoms with Crippen LogP contribution in [0, 0.1) is 51.8 Å². The number of fused-ring (bicyclic) bond motifs is 7. The number of esters is 1. The van der Waals surface area contributed by atoms with Crippen LogP contribution in [0.25, 0.3) is 0 Å². The van der Waals surface area contributed by atoms with Crippen LogP contribution in [-0.4, -0.2) is 36.1 Å². The second-order valence-corrected chi connectivity index (χ2v) is 20.4. The Morgan fingerprint density at radius 2 is 1.48 bits per heavy atom. The Labute approximate surface area is 354 Å². The maximum Gasteiger partial charge on any atom is 0.521 e. The number of aryl methyl sites for hydroxylation is 1. The van der Waals surface area contributed by atoms with Gasteiger partial charge in [0.2, 0.25) is 0 Å². The van der Waals surface area contributed by atoms with E-state index in [9.17, 15) is 14.4 Å². The lowest BCUT2D eigenvalue weighted by atomic mass is 9.34. The van der Waals surface area contributed by atoms with Gasteiger partial charge in [-0.05, 0) is 129 Å². The zero-order valence-corrected chi connectivity index (χ0v) is 36.7. The van der Waals surface area contributed by atoms with Crippen LogP contribution in [0.2, 0.25) is 0 Å². The minimum absolute atomic E-state index is 0.0437. The van der Waals surface area contributed by atoms with Crippen LogP contribution < -0.4 is 15.9 Å². The van der Waals surface area contributed by atoms with E-state index in [1.807, 2.05) is 73.7 Å². The van der Waals surface area contributed by atoms with Gasteiger partial charge in [0.25, 0.3) is 0 Å². The predicted molar refractivity (Wildman–Crippen MR) is 226 cm³/mol. The number of amides is 1. The van der Waals surface area contributed by atoms with E-state index in [4.69, 9.17) is 23.0 Å². The van der Waals surface area contributed by atoms with Gasteiger partial charge in [-0.15, -0.1) is 0 Å². The highest BCUT2D eigenvalue weighted by atomic mass is 16.7. The van der Waals surface area contributed by atoms with Crippen molar-refractivity contribution < 1.29 is 37.4 Å². The van der Waals surface area contributed by atoms with Gasteiger partial charge in [-0.1, -0.05) is 101 Å². The van der Waals surface area contributed by atoms with Crippen LogP contribution in [0.4, 0.5) is 4.79 Å². The second kappa shape index (κ2) is 15.2. The molecule has 0 unspecified atom stereocenters. The first-order valence-electron chi connectivity index (χ1n) is 22.2. The first-order valence-corrected chi connectivity index (χ1v) is 22.2. The Morgan fingerprint density at radius 1 is 0.833 bits per heavy atom. The monoisotopic (exact) mass is 821 g/mol. The van der Waals surface area contributed by atoms with E-state index >= 15 is 4.79 Å². The molecule has 0 aliphatic heterocycles. The van der Waals surface area contributed by atoms with Crippen molar-refractivity contribution in [2.45, 2.75) is 137 Å². The SMILES string of the molecule is CCCO[C@H]1CC[C@@]2(C)[C@@H](CC[C@]3(C)[C@@H]2C(=O)C=C2[C@@H]4C[C@@](C)(C(=O)OC(c5ccccc5)c5ccccc5)CC[C@]4(C)CC[C@]23C)[C@]1(C)NC(=O)Oc1oc(=O)oc1C. The van der Waals surface area contributed by atoms with Gasteiger partial charge < -0.3 is 28.4 Å². The summed E-state index contributed by atoms with van der Waals surface area (Å²) >= 11 is 0. The molecule has 1 N–H and O–H groups in total. The van der Waals surface area contributed by atoms with E-state index in [2.05, 4.69) is 46.9 Å². The number of rotatable bonds is 9. The molecule has 1 aromatic heterocycles. The average Bonchev–Trinajstić information content (AvgIpc) is 3.53. The van der Waals surface area contributed by atoms with Gasteiger partial charge in [0.15, 0.2) is 17.6 Å². The highest BCUT2D eigenvalue weighted by molar-refractivity contribution is 5.96. The van der Waals surface area contributed by atoms with Crippen LogP contribution in [0.3, 0.4) is 0 Å². The molecule has 4 fully saturated rings. The molecule has 2 aromatic carbocycles. The third kappa shape index (κ3) is 6.70. The number of nitrogens with one attached hydrogen (secondary N) is 1. The normalized spacial score (nSPS) is 37.1. The molecular weight excluding hydrogens is 759 g/mol. The summed E-state index contributed by atoms with van der Waals surface area (Å²) in [6, 6.07) is 19.9. The number of carbonyl (C=O) groups is 3. The fraction of sp³-hybridized carbons (Fsp3) is 0.600. The fourth-order valence-electron chi connectivity index (χ4n) is 13.3. The second-order valence-electron chi connectivity index (χ2n) is 20.4. The molecule has 0 bridgehead atoms. The molecule has 3 aromatic rings. The summed E-state index contributed by atoms with van der Waals surface area (Å²) in [7, 11) is 0. The average molecular weight is 822 g/mol. The Balaban J connectivity index is 1.10. The van der Waals surface area contributed by atoms with Crippen LogP contribution in [0.1, 0.15) is 136 Å². The molecule has 60 heavy (non-hydrogen) atoms. The molecule has 5 aliphatic rings. The quantitative estimate of drug-likeness (QED) is 0.209. The molecule has 0 radical (unpaired) electrons. The highest BCUT2D eigenvalue weighted by Crippen LogP contribution is 2.74. The van der Waals surface area contributed by atoms with Gasteiger partial charge >= 0.3 is 23.8 Å². The van der Waals surface area contributed by atoms with Crippen LogP contribution >= 0.6 is 0 Å². The topological polar surface area (TPSA) is 134 Å². The molecule has 1 amide bonds. The summed E-state index contributed by atoms with van der Waals surface area (Å²) in [5, 5.41) is 3.19. The van der Waals surface area contributed by atoms with Gasteiger partial charge in [0.1, 0.15) is 0 Å². The third-order valence-electron chi connectivity index (χ3n) is 16.9. The summed E-state index contributed by atoms with van der Waals surface area (Å²) in [5.41, 5.74) is 0.299. The molecule has 322 valence electrons. The minimum atomic E-state index is -0.945. The van der Waals surface area contributed by atoms with Crippen molar-refractivity contribution >= 4 is 17.8 Å². The van der Waals surface area contributed by atoms with Gasteiger partial charge in [-0.25, -0.2) is 9.59 Å². The van der Waals surface area contributed by atoms with Crippen molar-refractivity contribution in [3.63, 3.8) is 0 Å². The van der Waals surface area contributed by atoms with Crippen LogP contribution in [0.5, 0.6) is 5.95 Å². The van der Waals surface area contributed by atoms with Gasteiger partial charge in [0, 0.05) is 19.4 Å². The van der Waals surface area contributed by atoms with E-state index < -0.39 is 34.4 Å². The Hall–Kier alpha value is -4.44. The highest BCUT2D eigenvalue weighted by Gasteiger charge is 2.71. The van der Waals surface area contributed by atoms with Crippen molar-refractivity contribution in [3.8, 4) is 5.95 Å². The molecule has 10 nitrogen and oxygen atoms in total. The van der Waals surface area contributed by atoms with Gasteiger partial charge in [-0.3, -0.25) is 9.59 Å². The maximum atomic E-state index is 15.2. The fourth-order valence-corrected chi connectivity index (χ4v) is 13.3. The molecule has 10 heteroatoms. The van der Waals surface area contributed by atoms with Crippen molar-refractivity contribution in [1.82, 2.24) is 5.32 Å². The number of ether oxygens (including phenoxy) is 3. The summed E-state index contributed by atoms with van der Waals surface area (Å²) in [5.74, 6) is -1.55. The summed E-state index contributed by atoms with van der Waals surface area (Å²) in [6.07, 6.45) is 8.46. The van der Waals surface area contributed by atoms with E-state index in [1.165, 1.54) is 12.5 Å². The number of hydrogen-bond donors (Lipinski definition) is 1. The van der Waals surface area contributed by atoms with E-state index in [1.54, 1.807) is 0 Å². The molecule has 1 heterocycles. The van der Waals surface area contributed by atoms with Crippen molar-refractivity contribution in [2.24, 2.45) is 44.8 Å². The summed E-state index contributed by atoms with van der Waals surface area (Å²) in [6.45, 7) is 17.6. The lowest BCUT2D eigenvalue weighted by molar-refractivity contribution is -0.197. The van der Waals surface area contributed by atoms with Gasteiger partial charge in [0.05, 0.1) is 17.1 Å². The number of hydrogen-bond acceptors (Lipinski definition) is 9.